The number of thiocarbonyl (C=S) groups is 1. The third-order valence-electron chi connectivity index (χ3n) is 5.17. The quantitative estimate of drug-likeness (QED) is 0.220. The number of ether oxygens (including phenoxy) is 2. The van der Waals surface area contributed by atoms with E-state index in [0.29, 0.717) is 28.3 Å². The molecular weight excluding hydrogens is 458 g/mol. The number of nitrogens with one attached hydrogen (secondary N) is 1. The number of nitrogens with zero attached hydrogens (tertiary/aromatic N) is 2. The standard InChI is InChI=1S/C24H21N3O6S/c1-15-5-7-22(20(10-15)27(29)30)33-14-17-11-16(6-8-21(17)31-2)12-19-23(28)26(24(34)25-19)13-18-4-3-9-32-18/h3-12H,13-14H2,1-2H3,(H,25,34)/b19-12+. The van der Waals surface area contributed by atoms with Gasteiger partial charge in [0.15, 0.2) is 10.9 Å². The number of nitro groups is 1. The van der Waals surface area contributed by atoms with Gasteiger partial charge in [-0.15, -0.1) is 0 Å². The monoisotopic (exact) mass is 479 g/mol. The lowest BCUT2D eigenvalue weighted by molar-refractivity contribution is -0.386. The minimum absolute atomic E-state index is 0.0362. The minimum atomic E-state index is -0.477. The van der Waals surface area contributed by atoms with Crippen LogP contribution in [-0.4, -0.2) is 28.0 Å². The van der Waals surface area contributed by atoms with Gasteiger partial charge in [0.05, 0.1) is 24.8 Å². The van der Waals surface area contributed by atoms with Crippen molar-refractivity contribution >= 4 is 35.0 Å². The fourth-order valence-electron chi connectivity index (χ4n) is 3.49. The van der Waals surface area contributed by atoms with Gasteiger partial charge < -0.3 is 19.2 Å². The van der Waals surface area contributed by atoms with E-state index >= 15 is 0 Å². The molecule has 4 rings (SSSR count). The van der Waals surface area contributed by atoms with Crippen LogP contribution >= 0.6 is 12.2 Å². The molecule has 9 nitrogen and oxygen atoms in total. The zero-order chi connectivity index (χ0) is 24.2. The molecule has 2 heterocycles. The smallest absolute Gasteiger partial charge is 0.311 e. The lowest BCUT2D eigenvalue weighted by Gasteiger charge is -2.12. The van der Waals surface area contributed by atoms with Crippen LogP contribution in [-0.2, 0) is 17.9 Å². The Morgan fingerprint density at radius 2 is 2.00 bits per heavy atom. The van der Waals surface area contributed by atoms with Gasteiger partial charge in [0.1, 0.15) is 23.8 Å². The van der Waals surface area contributed by atoms with Gasteiger partial charge in [0.2, 0.25) is 0 Å². The lowest BCUT2D eigenvalue weighted by atomic mass is 10.1. The average molecular weight is 480 g/mol. The molecule has 3 aromatic rings. The predicted octanol–water partition coefficient (Wildman–Crippen LogP) is 4.34. The fraction of sp³-hybridized carbons (Fsp3) is 0.167. The van der Waals surface area contributed by atoms with Crippen LogP contribution in [0.25, 0.3) is 6.08 Å². The molecule has 10 heteroatoms. The van der Waals surface area contributed by atoms with Crippen LogP contribution in [0.2, 0.25) is 0 Å². The van der Waals surface area contributed by atoms with Crippen molar-refractivity contribution in [3.63, 3.8) is 0 Å². The van der Waals surface area contributed by atoms with Gasteiger partial charge in [0, 0.05) is 11.6 Å². The molecule has 1 saturated heterocycles. The van der Waals surface area contributed by atoms with Gasteiger partial charge in [-0.3, -0.25) is 19.8 Å². The highest BCUT2D eigenvalue weighted by atomic mass is 32.1. The second-order valence-electron chi connectivity index (χ2n) is 7.55. The summed E-state index contributed by atoms with van der Waals surface area (Å²) < 4.78 is 16.5. The molecule has 0 aliphatic carbocycles. The number of methoxy groups -OCH3 is 1. The fourth-order valence-corrected chi connectivity index (χ4v) is 3.75. The molecule has 0 spiro atoms. The Kier molecular flexibility index (Phi) is 6.60. The first kappa shape index (κ1) is 23.0. The van der Waals surface area contributed by atoms with Crippen molar-refractivity contribution in [2.45, 2.75) is 20.1 Å². The molecule has 174 valence electrons. The van der Waals surface area contributed by atoms with Gasteiger partial charge >= 0.3 is 5.69 Å². The summed E-state index contributed by atoms with van der Waals surface area (Å²) in [6.07, 6.45) is 3.21. The first-order valence-electron chi connectivity index (χ1n) is 10.3. The van der Waals surface area contributed by atoms with Crippen molar-refractivity contribution in [2.75, 3.05) is 7.11 Å². The van der Waals surface area contributed by atoms with Crippen LogP contribution in [0, 0.1) is 17.0 Å². The highest BCUT2D eigenvalue weighted by Crippen LogP contribution is 2.30. The molecule has 2 aromatic carbocycles. The van der Waals surface area contributed by atoms with Crippen LogP contribution in [0.15, 0.2) is 64.9 Å². The molecule has 1 aliphatic heterocycles. The van der Waals surface area contributed by atoms with Crippen molar-refractivity contribution in [1.29, 1.82) is 0 Å². The Labute approximate surface area is 200 Å². The average Bonchev–Trinajstić information content (AvgIpc) is 3.42. The number of carbonyl (C=O) groups is 1. The summed E-state index contributed by atoms with van der Waals surface area (Å²) in [5.74, 6) is 1.06. The largest absolute Gasteiger partial charge is 0.496 e. The molecule has 0 unspecified atom stereocenters. The van der Waals surface area contributed by atoms with Crippen LogP contribution in [0.1, 0.15) is 22.5 Å². The normalized spacial score (nSPS) is 14.4. The van der Waals surface area contributed by atoms with Crippen molar-refractivity contribution < 1.29 is 23.6 Å². The second-order valence-corrected chi connectivity index (χ2v) is 7.93. The molecule has 1 aromatic heterocycles. The summed E-state index contributed by atoms with van der Waals surface area (Å²) >= 11 is 5.30. The first-order chi connectivity index (χ1) is 16.4. The topological polar surface area (TPSA) is 107 Å². The van der Waals surface area contributed by atoms with E-state index in [1.54, 1.807) is 55.5 Å². The Hall–Kier alpha value is -4.18. The Morgan fingerprint density at radius 3 is 2.71 bits per heavy atom. The number of hydrogen-bond acceptors (Lipinski definition) is 7. The number of hydrogen-bond donors (Lipinski definition) is 1. The van der Waals surface area contributed by atoms with Crippen molar-refractivity contribution in [3.8, 4) is 11.5 Å². The van der Waals surface area contributed by atoms with Crippen LogP contribution in [0.4, 0.5) is 5.69 Å². The SMILES string of the molecule is COc1ccc(/C=C2/NC(=S)N(Cc3ccco3)C2=O)cc1COc1ccc(C)cc1[N+](=O)[O-]. The zero-order valence-corrected chi connectivity index (χ0v) is 19.3. The van der Waals surface area contributed by atoms with Gasteiger partial charge in [-0.1, -0.05) is 12.1 Å². The molecule has 0 bridgehead atoms. The van der Waals surface area contributed by atoms with E-state index in [1.807, 2.05) is 0 Å². The number of carbonyl (C=O) groups excluding carboxylic acids is 1. The third kappa shape index (κ3) is 4.91. The molecule has 0 radical (unpaired) electrons. The molecular formula is C24H21N3O6S. The molecule has 34 heavy (non-hydrogen) atoms. The number of rotatable bonds is 8. The van der Waals surface area contributed by atoms with E-state index in [9.17, 15) is 14.9 Å². The maximum atomic E-state index is 12.8. The summed E-state index contributed by atoms with van der Waals surface area (Å²) in [7, 11) is 1.53. The molecule has 1 amide bonds. The van der Waals surface area contributed by atoms with Crippen molar-refractivity contribution in [1.82, 2.24) is 10.2 Å². The number of aryl methyl sites for hydroxylation is 1. The third-order valence-corrected chi connectivity index (χ3v) is 5.49. The number of nitro benzene ring substituents is 1. The maximum Gasteiger partial charge on any atom is 0.311 e. The van der Waals surface area contributed by atoms with Crippen LogP contribution in [0.5, 0.6) is 11.5 Å². The lowest BCUT2D eigenvalue weighted by Crippen LogP contribution is -2.29. The number of amides is 1. The van der Waals surface area contributed by atoms with E-state index < -0.39 is 4.92 Å². The van der Waals surface area contributed by atoms with Crippen LogP contribution < -0.4 is 14.8 Å². The molecule has 0 saturated carbocycles. The van der Waals surface area contributed by atoms with Crippen molar-refractivity contribution in [2.24, 2.45) is 0 Å². The highest BCUT2D eigenvalue weighted by Gasteiger charge is 2.31. The molecule has 0 atom stereocenters. The molecule has 1 fully saturated rings. The summed E-state index contributed by atoms with van der Waals surface area (Å²) in [5, 5.41) is 14.6. The zero-order valence-electron chi connectivity index (χ0n) is 18.4. The van der Waals surface area contributed by atoms with Gasteiger partial charge in [-0.05, 0) is 66.7 Å². The van der Waals surface area contributed by atoms with Gasteiger partial charge in [-0.2, -0.15) is 0 Å². The Balaban J connectivity index is 1.55. The van der Waals surface area contributed by atoms with Gasteiger partial charge in [0.25, 0.3) is 5.91 Å². The van der Waals surface area contributed by atoms with E-state index in [0.717, 1.165) is 5.56 Å². The van der Waals surface area contributed by atoms with Crippen LogP contribution in [0.3, 0.4) is 0 Å². The Bertz CT molecular complexity index is 1290. The van der Waals surface area contributed by atoms with E-state index in [4.69, 9.17) is 26.1 Å². The summed E-state index contributed by atoms with van der Waals surface area (Å²) in [4.78, 5) is 25.2. The van der Waals surface area contributed by atoms with E-state index in [-0.39, 0.29) is 35.6 Å². The predicted molar refractivity (Wildman–Crippen MR) is 128 cm³/mol. The number of furan rings is 1. The Morgan fingerprint density at radius 1 is 1.21 bits per heavy atom. The van der Waals surface area contributed by atoms with E-state index in [1.165, 1.54) is 24.3 Å². The minimum Gasteiger partial charge on any atom is -0.496 e. The number of benzene rings is 2. The molecule has 1 aliphatic rings. The summed E-state index contributed by atoms with van der Waals surface area (Å²) in [5.41, 5.74) is 2.34. The van der Waals surface area contributed by atoms with Crippen molar-refractivity contribution in [3.05, 3.63) is 93.1 Å². The first-order valence-corrected chi connectivity index (χ1v) is 10.7. The summed E-state index contributed by atoms with van der Waals surface area (Å²) in [6, 6.07) is 13.6. The second kappa shape index (κ2) is 9.75. The van der Waals surface area contributed by atoms with E-state index in [2.05, 4.69) is 5.32 Å². The summed E-state index contributed by atoms with van der Waals surface area (Å²) in [6.45, 7) is 2.04. The maximum absolute atomic E-state index is 12.8. The highest BCUT2D eigenvalue weighted by molar-refractivity contribution is 7.80. The van der Waals surface area contributed by atoms with Gasteiger partial charge in [-0.25, -0.2) is 0 Å². The molecule has 1 N–H and O–H groups in total.